The van der Waals surface area contributed by atoms with E-state index in [0.29, 0.717) is 13.2 Å². The molecule has 0 heterocycles. The summed E-state index contributed by atoms with van der Waals surface area (Å²) in [5.74, 6) is -0.405. The first kappa shape index (κ1) is 47.7. The summed E-state index contributed by atoms with van der Waals surface area (Å²) in [6.07, 6.45) is -1.24. The molecule has 0 bridgehead atoms. The first-order valence-corrected chi connectivity index (χ1v) is 24.0. The molecule has 6 rings (SSSR count). The van der Waals surface area contributed by atoms with Crippen molar-refractivity contribution in [1.82, 2.24) is 0 Å². The molecule has 0 fully saturated rings. The molecule has 0 aliphatic rings. The Morgan fingerprint density at radius 1 is 0.492 bits per heavy atom. The van der Waals surface area contributed by atoms with Crippen LogP contribution < -0.4 is 10.4 Å². The summed E-state index contributed by atoms with van der Waals surface area (Å²) in [5, 5.41) is 2.17. The summed E-state index contributed by atoms with van der Waals surface area (Å²) in [6, 6.07) is 62.8. The molecule has 0 aliphatic carbocycles. The van der Waals surface area contributed by atoms with Crippen LogP contribution in [0, 0.1) is 11.8 Å². The fourth-order valence-electron chi connectivity index (χ4n) is 8.95. The summed E-state index contributed by atoms with van der Waals surface area (Å²) in [4.78, 5) is 0. The van der Waals surface area contributed by atoms with E-state index in [1.54, 1.807) is 14.2 Å². The highest BCUT2D eigenvalue weighted by Crippen LogP contribution is 2.42. The Morgan fingerprint density at radius 3 is 1.35 bits per heavy atom. The lowest BCUT2D eigenvalue weighted by atomic mass is 9.80. The van der Waals surface area contributed by atoms with Gasteiger partial charge < -0.3 is 32.8 Å². The lowest BCUT2D eigenvalue weighted by molar-refractivity contribution is -0.180. The van der Waals surface area contributed by atoms with Crippen LogP contribution in [0.25, 0.3) is 0 Å². The molecule has 0 saturated carbocycles. The Labute approximate surface area is 377 Å². The Morgan fingerprint density at radius 2 is 0.921 bits per heavy atom. The van der Waals surface area contributed by atoms with Gasteiger partial charge in [0.2, 0.25) is 0 Å². The van der Waals surface area contributed by atoms with Crippen molar-refractivity contribution in [2.75, 3.05) is 41.0 Å². The molecule has 8 heteroatoms. The molecule has 0 unspecified atom stereocenters. The van der Waals surface area contributed by atoms with Crippen LogP contribution in [0.15, 0.2) is 182 Å². The Kier molecular flexibility index (Phi) is 17.6. The minimum absolute atomic E-state index is 0.0734. The number of benzene rings is 6. The zero-order valence-corrected chi connectivity index (χ0v) is 39.1. The van der Waals surface area contributed by atoms with Gasteiger partial charge in [-0.15, -0.1) is 0 Å². The third kappa shape index (κ3) is 11.5. The lowest BCUT2D eigenvalue weighted by Gasteiger charge is -2.45. The predicted molar refractivity (Wildman–Crippen MR) is 256 cm³/mol. The van der Waals surface area contributed by atoms with Crippen molar-refractivity contribution in [3.8, 4) is 0 Å². The molecule has 63 heavy (non-hydrogen) atoms. The Balaban J connectivity index is 1.34. The van der Waals surface area contributed by atoms with Gasteiger partial charge in [-0.3, -0.25) is 0 Å². The molecule has 5 atom stereocenters. The van der Waals surface area contributed by atoms with E-state index in [0.717, 1.165) is 22.3 Å². The fraction of sp³-hybridized carbons (Fsp3) is 0.345. The molecule has 332 valence electrons. The number of ether oxygens (including phenoxy) is 6. The van der Waals surface area contributed by atoms with Gasteiger partial charge in [0.1, 0.15) is 19.2 Å². The van der Waals surface area contributed by atoms with E-state index < -0.39 is 32.2 Å². The largest absolute Gasteiger partial charge is 0.405 e. The van der Waals surface area contributed by atoms with E-state index in [4.69, 9.17) is 32.8 Å². The highest BCUT2D eigenvalue weighted by molar-refractivity contribution is 6.99. The van der Waals surface area contributed by atoms with Crippen molar-refractivity contribution in [2.45, 2.75) is 70.2 Å². The monoisotopic (exact) mass is 866 g/mol. The van der Waals surface area contributed by atoms with Crippen LogP contribution in [0.1, 0.15) is 56.9 Å². The Hall–Kier alpha value is -4.74. The molecular weight excluding hydrogens is 801 g/mol. The highest BCUT2D eigenvalue weighted by atomic mass is 28.4. The molecule has 0 radical (unpaired) electrons. The topological polar surface area (TPSA) is 64.6 Å². The highest BCUT2D eigenvalue weighted by Gasteiger charge is 2.51. The standard InChI is InChI=1S/C55H66O7Si/c1-43(51(57-7)39-61-55(46-28-16-9-17-29-46,47-30-18-10-19-31-47)48-32-20-11-21-33-48)53(60-41-56-6)44(2)52(59-42-58-38-45-26-14-8-15-27-45)40-62-63(54(3,4)5,49-34-22-12-23-35-49)50-36-24-13-25-37-50/h8-37,43-44,51-53H,38-42H2,1-7H3/t43-,44-,51+,52-,53-/m1/s1. The third-order valence-corrected chi connectivity index (χ3v) is 17.3. The van der Waals surface area contributed by atoms with Crippen LogP contribution in [0.3, 0.4) is 0 Å². The maximum atomic E-state index is 7.54. The molecule has 0 spiro atoms. The van der Waals surface area contributed by atoms with Gasteiger partial charge in [0.25, 0.3) is 8.32 Å². The maximum Gasteiger partial charge on any atom is 0.261 e. The fourth-order valence-corrected chi connectivity index (χ4v) is 13.5. The van der Waals surface area contributed by atoms with Gasteiger partial charge in [0, 0.05) is 26.1 Å². The normalized spacial score (nSPS) is 14.7. The van der Waals surface area contributed by atoms with E-state index in [2.05, 4.69) is 180 Å². The SMILES string of the molecule is COCO[C@H]([C@H](C)[C@H](COC(c1ccccc1)(c1ccccc1)c1ccccc1)OC)[C@H](C)[C@@H](CO[Si](c1ccccc1)(c1ccccc1)C(C)(C)C)OCOCc1ccccc1. The zero-order chi connectivity index (χ0) is 44.5. The average molecular weight is 867 g/mol. The zero-order valence-electron chi connectivity index (χ0n) is 38.1. The molecule has 7 nitrogen and oxygen atoms in total. The maximum absolute atomic E-state index is 7.54. The second-order valence-corrected chi connectivity index (χ2v) is 21.6. The van der Waals surface area contributed by atoms with Gasteiger partial charge in [0.05, 0.1) is 38.1 Å². The molecule has 0 N–H and O–H groups in total. The van der Waals surface area contributed by atoms with Crippen LogP contribution in [0.4, 0.5) is 0 Å². The van der Waals surface area contributed by atoms with Crippen LogP contribution in [-0.2, 0) is 45.1 Å². The smallest absolute Gasteiger partial charge is 0.261 e. The van der Waals surface area contributed by atoms with E-state index in [1.165, 1.54) is 10.4 Å². The molecular formula is C55H66O7Si. The van der Waals surface area contributed by atoms with Crippen molar-refractivity contribution in [1.29, 1.82) is 0 Å². The first-order chi connectivity index (χ1) is 30.7. The summed E-state index contributed by atoms with van der Waals surface area (Å²) >= 11 is 0. The van der Waals surface area contributed by atoms with Crippen molar-refractivity contribution in [3.05, 3.63) is 204 Å². The summed E-state index contributed by atoms with van der Waals surface area (Å²) in [7, 11) is 0.457. The summed E-state index contributed by atoms with van der Waals surface area (Å²) < 4.78 is 46.5. The van der Waals surface area contributed by atoms with Gasteiger partial charge in [-0.2, -0.15) is 0 Å². The van der Waals surface area contributed by atoms with E-state index in [9.17, 15) is 0 Å². The summed E-state index contributed by atoms with van der Waals surface area (Å²) in [6.45, 7) is 12.4. The van der Waals surface area contributed by atoms with E-state index >= 15 is 0 Å². The van der Waals surface area contributed by atoms with Crippen LogP contribution in [0.5, 0.6) is 0 Å². The van der Waals surface area contributed by atoms with Gasteiger partial charge in [-0.25, -0.2) is 0 Å². The van der Waals surface area contributed by atoms with E-state index in [-0.39, 0.29) is 37.1 Å². The molecule has 0 aromatic heterocycles. The molecule has 6 aromatic carbocycles. The minimum atomic E-state index is -2.94. The van der Waals surface area contributed by atoms with Crippen LogP contribution >= 0.6 is 0 Å². The lowest BCUT2D eigenvalue weighted by Crippen LogP contribution is -2.67. The second-order valence-electron chi connectivity index (χ2n) is 17.3. The van der Waals surface area contributed by atoms with Crippen LogP contribution in [0.2, 0.25) is 5.04 Å². The molecule has 0 saturated heterocycles. The third-order valence-electron chi connectivity index (χ3n) is 12.3. The van der Waals surface area contributed by atoms with Crippen molar-refractivity contribution < 1.29 is 32.8 Å². The number of methoxy groups -OCH3 is 2. The minimum Gasteiger partial charge on any atom is -0.405 e. The Bertz CT molecular complexity index is 2020. The van der Waals surface area contributed by atoms with Crippen molar-refractivity contribution >= 4 is 18.7 Å². The number of hydrogen-bond acceptors (Lipinski definition) is 7. The molecule has 0 aliphatic heterocycles. The quantitative estimate of drug-likeness (QED) is 0.0260. The number of hydrogen-bond donors (Lipinski definition) is 0. The molecule has 6 aromatic rings. The first-order valence-electron chi connectivity index (χ1n) is 22.1. The summed E-state index contributed by atoms with van der Waals surface area (Å²) in [5.41, 5.74) is 3.23. The average Bonchev–Trinajstić information content (AvgIpc) is 3.33. The van der Waals surface area contributed by atoms with Crippen molar-refractivity contribution in [2.24, 2.45) is 11.8 Å². The predicted octanol–water partition coefficient (Wildman–Crippen LogP) is 10.4. The van der Waals surface area contributed by atoms with Crippen molar-refractivity contribution in [3.63, 3.8) is 0 Å². The number of rotatable bonds is 24. The van der Waals surface area contributed by atoms with Gasteiger partial charge >= 0.3 is 0 Å². The van der Waals surface area contributed by atoms with Gasteiger partial charge in [0.15, 0.2) is 0 Å². The van der Waals surface area contributed by atoms with E-state index in [1.807, 2.05) is 36.4 Å². The second kappa shape index (κ2) is 23.3. The van der Waals surface area contributed by atoms with Gasteiger partial charge in [-0.1, -0.05) is 217 Å². The van der Waals surface area contributed by atoms with Crippen LogP contribution in [-0.4, -0.2) is 67.6 Å². The van der Waals surface area contributed by atoms with Gasteiger partial charge in [-0.05, 0) is 37.7 Å². The molecule has 0 amide bonds.